The first-order chi connectivity index (χ1) is 8.50. The summed E-state index contributed by atoms with van der Waals surface area (Å²) in [5, 5.41) is 20.0. The predicted octanol–water partition coefficient (Wildman–Crippen LogP) is 1.06. The summed E-state index contributed by atoms with van der Waals surface area (Å²) in [7, 11) is 0. The van der Waals surface area contributed by atoms with Gasteiger partial charge in [-0.05, 0) is 12.5 Å². The first-order valence-corrected chi connectivity index (χ1v) is 5.43. The fourth-order valence-electron chi connectivity index (χ4n) is 1.63. The number of hydrogen-bond acceptors (Lipinski definition) is 3. The number of carboxylic acid groups (broad SMARTS) is 1. The van der Waals surface area contributed by atoms with E-state index in [1.54, 1.807) is 36.4 Å². The lowest BCUT2D eigenvalue weighted by Crippen LogP contribution is -2.39. The Morgan fingerprint density at radius 1 is 1.39 bits per heavy atom. The summed E-state index contributed by atoms with van der Waals surface area (Å²) >= 11 is 0. The number of nitrogens with one attached hydrogen (secondary N) is 1. The van der Waals surface area contributed by atoms with Crippen LogP contribution < -0.4 is 5.32 Å². The van der Waals surface area contributed by atoms with Crippen LogP contribution in [0.25, 0.3) is 0 Å². The van der Waals surface area contributed by atoms with Gasteiger partial charge in [0.25, 0.3) is 0 Å². The molecule has 1 unspecified atom stereocenters. The summed E-state index contributed by atoms with van der Waals surface area (Å²) in [5.41, 5.74) is -0.731. The molecule has 0 bridgehead atoms. The van der Waals surface area contributed by atoms with Crippen molar-refractivity contribution in [2.24, 2.45) is 0 Å². The lowest BCUT2D eigenvalue weighted by Gasteiger charge is -2.24. The molecular weight excluding hydrogens is 232 g/mol. The second-order valence-corrected chi connectivity index (χ2v) is 4.11. The van der Waals surface area contributed by atoms with E-state index in [2.05, 4.69) is 5.32 Å². The molecule has 0 saturated heterocycles. The van der Waals surface area contributed by atoms with Crippen LogP contribution in [0.5, 0.6) is 0 Å². The van der Waals surface area contributed by atoms with Crippen LogP contribution in [-0.4, -0.2) is 23.5 Å². The number of nitriles is 1. The second-order valence-electron chi connectivity index (χ2n) is 4.11. The molecule has 5 heteroatoms. The van der Waals surface area contributed by atoms with Crippen LogP contribution in [0.4, 0.5) is 0 Å². The van der Waals surface area contributed by atoms with Crippen molar-refractivity contribution in [3.05, 3.63) is 35.9 Å². The van der Waals surface area contributed by atoms with E-state index in [1.807, 2.05) is 0 Å². The minimum absolute atomic E-state index is 0.122. The highest BCUT2D eigenvalue weighted by atomic mass is 16.4. The van der Waals surface area contributed by atoms with Crippen molar-refractivity contribution in [2.45, 2.75) is 18.8 Å². The van der Waals surface area contributed by atoms with Crippen molar-refractivity contribution in [1.82, 2.24) is 5.32 Å². The number of carbonyl (C=O) groups is 2. The molecule has 0 saturated carbocycles. The Morgan fingerprint density at radius 3 is 2.50 bits per heavy atom. The highest BCUT2D eigenvalue weighted by Crippen LogP contribution is 2.27. The van der Waals surface area contributed by atoms with Gasteiger partial charge in [-0.25, -0.2) is 0 Å². The van der Waals surface area contributed by atoms with E-state index < -0.39 is 17.3 Å². The van der Waals surface area contributed by atoms with Gasteiger partial charge in [-0.3, -0.25) is 9.59 Å². The Kier molecular flexibility index (Phi) is 4.44. The zero-order valence-electron chi connectivity index (χ0n) is 10.0. The van der Waals surface area contributed by atoms with Crippen LogP contribution >= 0.6 is 0 Å². The smallest absolute Gasteiger partial charge is 0.314 e. The number of amides is 1. The summed E-state index contributed by atoms with van der Waals surface area (Å²) in [6.45, 7) is 1.37. The molecule has 1 rings (SSSR count). The number of rotatable bonds is 5. The number of carboxylic acids is 1. The van der Waals surface area contributed by atoms with E-state index in [9.17, 15) is 14.7 Å². The fraction of sp³-hybridized carbons (Fsp3) is 0.308. The van der Waals surface area contributed by atoms with Gasteiger partial charge in [0.15, 0.2) is 0 Å². The van der Waals surface area contributed by atoms with Gasteiger partial charge in [-0.15, -0.1) is 0 Å². The molecule has 94 valence electrons. The summed E-state index contributed by atoms with van der Waals surface area (Å²) in [4.78, 5) is 23.0. The summed E-state index contributed by atoms with van der Waals surface area (Å²) in [6, 6.07) is 10.3. The second kappa shape index (κ2) is 5.82. The molecule has 0 aliphatic heterocycles. The van der Waals surface area contributed by atoms with Crippen molar-refractivity contribution in [1.29, 1.82) is 5.26 Å². The van der Waals surface area contributed by atoms with Crippen molar-refractivity contribution in [3.8, 4) is 6.07 Å². The third-order valence-electron chi connectivity index (χ3n) is 2.76. The molecule has 1 atom stereocenters. The van der Waals surface area contributed by atoms with Crippen molar-refractivity contribution in [3.63, 3.8) is 0 Å². The SMILES string of the molecule is CC(CC(=O)NCC#N)(C(=O)O)c1ccccc1. The quantitative estimate of drug-likeness (QED) is 0.760. The maximum absolute atomic E-state index is 11.6. The molecule has 0 spiro atoms. The Balaban J connectivity index is 2.93. The Bertz CT molecular complexity index is 479. The van der Waals surface area contributed by atoms with E-state index in [4.69, 9.17) is 5.26 Å². The fourth-order valence-corrected chi connectivity index (χ4v) is 1.63. The van der Waals surface area contributed by atoms with Crippen LogP contribution in [0.2, 0.25) is 0 Å². The third-order valence-corrected chi connectivity index (χ3v) is 2.76. The van der Waals surface area contributed by atoms with Crippen LogP contribution in [0.3, 0.4) is 0 Å². The van der Waals surface area contributed by atoms with Gasteiger partial charge in [0.05, 0.1) is 11.5 Å². The highest BCUT2D eigenvalue weighted by Gasteiger charge is 2.37. The van der Waals surface area contributed by atoms with Crippen molar-refractivity contribution >= 4 is 11.9 Å². The molecule has 5 nitrogen and oxygen atoms in total. The topological polar surface area (TPSA) is 90.2 Å². The number of aliphatic carboxylic acids is 1. The predicted molar refractivity (Wildman–Crippen MR) is 64.7 cm³/mol. The zero-order valence-corrected chi connectivity index (χ0v) is 10.0. The molecule has 18 heavy (non-hydrogen) atoms. The Hall–Kier alpha value is -2.35. The highest BCUT2D eigenvalue weighted by molar-refractivity contribution is 5.89. The summed E-state index contributed by atoms with van der Waals surface area (Å²) in [5.74, 6) is -1.52. The van der Waals surface area contributed by atoms with Crippen molar-refractivity contribution in [2.75, 3.05) is 6.54 Å². The molecule has 0 aliphatic carbocycles. The summed E-state index contributed by atoms with van der Waals surface area (Å²) in [6.07, 6.45) is -0.200. The van der Waals surface area contributed by atoms with Gasteiger partial charge < -0.3 is 10.4 Å². The van der Waals surface area contributed by atoms with Crippen molar-refractivity contribution < 1.29 is 14.7 Å². The largest absolute Gasteiger partial charge is 0.481 e. The van der Waals surface area contributed by atoms with E-state index in [0.29, 0.717) is 5.56 Å². The van der Waals surface area contributed by atoms with Gasteiger partial charge in [0, 0.05) is 6.42 Å². The number of carbonyl (C=O) groups excluding carboxylic acids is 1. The van der Waals surface area contributed by atoms with Gasteiger partial charge >= 0.3 is 5.97 Å². The van der Waals surface area contributed by atoms with E-state index in [1.165, 1.54) is 6.92 Å². The van der Waals surface area contributed by atoms with Crippen LogP contribution in [0.15, 0.2) is 30.3 Å². The van der Waals surface area contributed by atoms with Gasteiger partial charge in [-0.1, -0.05) is 30.3 Å². The molecule has 0 aliphatic rings. The normalized spacial score (nSPS) is 13.1. The Morgan fingerprint density at radius 2 is 2.00 bits per heavy atom. The van der Waals surface area contributed by atoms with Gasteiger partial charge in [0.1, 0.15) is 6.54 Å². The standard InChI is InChI=1S/C13H14N2O3/c1-13(12(17)18,9-11(16)15-8-7-14)10-5-3-2-4-6-10/h2-6H,8-9H2,1H3,(H,15,16)(H,17,18). The molecule has 0 aromatic heterocycles. The monoisotopic (exact) mass is 246 g/mol. The molecule has 1 aromatic carbocycles. The maximum Gasteiger partial charge on any atom is 0.314 e. The number of nitrogens with zero attached hydrogens (tertiary/aromatic N) is 1. The van der Waals surface area contributed by atoms with Crippen LogP contribution in [0.1, 0.15) is 18.9 Å². The average molecular weight is 246 g/mol. The van der Waals surface area contributed by atoms with Gasteiger partial charge in [-0.2, -0.15) is 5.26 Å². The average Bonchev–Trinajstić information content (AvgIpc) is 2.37. The minimum atomic E-state index is -1.29. The molecule has 0 radical (unpaired) electrons. The lowest BCUT2D eigenvalue weighted by atomic mass is 9.79. The van der Waals surface area contributed by atoms with Gasteiger partial charge in [0.2, 0.25) is 5.91 Å². The van der Waals surface area contributed by atoms with Crippen LogP contribution in [-0.2, 0) is 15.0 Å². The molecular formula is C13H14N2O3. The number of hydrogen-bond donors (Lipinski definition) is 2. The van der Waals surface area contributed by atoms with E-state index >= 15 is 0 Å². The molecule has 2 N–H and O–H groups in total. The van der Waals surface area contributed by atoms with E-state index in [-0.39, 0.29) is 13.0 Å². The maximum atomic E-state index is 11.6. The molecule has 0 heterocycles. The van der Waals surface area contributed by atoms with Crippen LogP contribution in [0, 0.1) is 11.3 Å². The molecule has 0 fully saturated rings. The van der Waals surface area contributed by atoms with E-state index in [0.717, 1.165) is 0 Å². The molecule has 1 amide bonds. The summed E-state index contributed by atoms with van der Waals surface area (Å²) < 4.78 is 0. The molecule has 1 aromatic rings. The first kappa shape index (κ1) is 13.7. The number of benzene rings is 1. The third kappa shape index (κ3) is 3.08. The minimum Gasteiger partial charge on any atom is -0.481 e. The lowest BCUT2D eigenvalue weighted by molar-refractivity contribution is -0.145. The first-order valence-electron chi connectivity index (χ1n) is 5.43. The Labute approximate surface area is 105 Å². The zero-order chi connectivity index (χ0) is 13.6.